The van der Waals surface area contributed by atoms with E-state index < -0.39 is 0 Å². The van der Waals surface area contributed by atoms with Gasteiger partial charge in [-0.1, -0.05) is 37.3 Å². The fraction of sp³-hybridized carbons (Fsp3) is 0.379. The summed E-state index contributed by atoms with van der Waals surface area (Å²) < 4.78 is 14.8. The minimum atomic E-state index is -0.380. The zero-order valence-electron chi connectivity index (χ0n) is 21.5. The molecule has 2 unspecified atom stereocenters. The molecule has 2 aromatic heterocycles. The summed E-state index contributed by atoms with van der Waals surface area (Å²) in [6, 6.07) is 7.78. The van der Waals surface area contributed by atoms with Gasteiger partial charge in [-0.15, -0.1) is 0 Å². The maximum absolute atomic E-state index is 13.2. The fourth-order valence-electron chi connectivity index (χ4n) is 5.38. The molecule has 38 heavy (non-hydrogen) atoms. The number of halogens is 2. The molecule has 196 valence electrons. The lowest BCUT2D eigenvalue weighted by atomic mass is 9.61. The molecule has 1 aliphatic carbocycles. The van der Waals surface area contributed by atoms with Crippen molar-refractivity contribution in [1.82, 2.24) is 19.7 Å². The third-order valence-electron chi connectivity index (χ3n) is 7.43. The molecule has 3 aromatic rings. The van der Waals surface area contributed by atoms with Crippen LogP contribution < -0.4 is 5.32 Å². The van der Waals surface area contributed by atoms with E-state index in [9.17, 15) is 14.0 Å². The molecule has 7 nitrogen and oxygen atoms in total. The quantitative estimate of drug-likeness (QED) is 0.479. The van der Waals surface area contributed by atoms with Crippen molar-refractivity contribution in [3.05, 3.63) is 75.9 Å². The van der Waals surface area contributed by atoms with Gasteiger partial charge in [-0.25, -0.2) is 9.37 Å². The molecule has 1 aliphatic heterocycles. The molecule has 3 heterocycles. The fourth-order valence-corrected chi connectivity index (χ4v) is 5.60. The van der Waals surface area contributed by atoms with Gasteiger partial charge in [-0.3, -0.25) is 14.3 Å². The number of pyridine rings is 1. The summed E-state index contributed by atoms with van der Waals surface area (Å²) in [5, 5.41) is 7.52. The second-order valence-corrected chi connectivity index (χ2v) is 10.8. The molecule has 0 spiro atoms. The zero-order chi connectivity index (χ0) is 27.0. The molecule has 1 N–H and O–H groups in total. The molecule has 2 bridgehead atoms. The smallest absolute Gasteiger partial charge is 0.276 e. The van der Waals surface area contributed by atoms with Crippen molar-refractivity contribution in [3.63, 3.8) is 0 Å². The molecule has 5 rings (SSSR count). The van der Waals surface area contributed by atoms with E-state index in [1.165, 1.54) is 18.3 Å². The van der Waals surface area contributed by atoms with E-state index in [4.69, 9.17) is 11.6 Å². The predicted octanol–water partition coefficient (Wildman–Crippen LogP) is 4.78. The van der Waals surface area contributed by atoms with Crippen LogP contribution in [0.2, 0.25) is 5.02 Å². The lowest BCUT2D eigenvalue weighted by molar-refractivity contribution is -0.146. The van der Waals surface area contributed by atoms with E-state index in [-0.39, 0.29) is 28.6 Å². The highest BCUT2D eigenvalue weighted by Crippen LogP contribution is 2.46. The lowest BCUT2D eigenvalue weighted by Crippen LogP contribution is -2.58. The van der Waals surface area contributed by atoms with Crippen LogP contribution in [0.3, 0.4) is 0 Å². The lowest BCUT2D eigenvalue weighted by Gasteiger charge is -2.54. The first-order valence-electron chi connectivity index (χ1n) is 12.7. The highest BCUT2D eigenvalue weighted by molar-refractivity contribution is 6.34. The SMILES string of the molecule is Cc1cc(C#Cc2ccc(F)cc2)cnc1NC(=O)c1c(Cl)cnn1CC1C2CC1CN(C(=O)C(C)C)C2. The Bertz CT molecular complexity index is 1430. The number of anilines is 1. The van der Waals surface area contributed by atoms with Crippen molar-refractivity contribution < 1.29 is 14.0 Å². The number of amides is 2. The maximum atomic E-state index is 13.2. The second kappa shape index (κ2) is 10.6. The Morgan fingerprint density at radius 3 is 2.47 bits per heavy atom. The zero-order valence-corrected chi connectivity index (χ0v) is 22.3. The van der Waals surface area contributed by atoms with Gasteiger partial charge in [0.25, 0.3) is 5.91 Å². The van der Waals surface area contributed by atoms with Gasteiger partial charge < -0.3 is 10.2 Å². The number of aryl methyl sites for hydroxylation is 1. The number of aromatic nitrogens is 3. The Labute approximate surface area is 226 Å². The van der Waals surface area contributed by atoms with Crippen LogP contribution in [0.25, 0.3) is 0 Å². The van der Waals surface area contributed by atoms with E-state index >= 15 is 0 Å². The summed E-state index contributed by atoms with van der Waals surface area (Å²) in [4.78, 5) is 32.0. The van der Waals surface area contributed by atoms with Gasteiger partial charge in [0.2, 0.25) is 5.91 Å². The highest BCUT2D eigenvalue weighted by atomic mass is 35.5. The van der Waals surface area contributed by atoms with Crippen molar-refractivity contribution >= 4 is 29.2 Å². The van der Waals surface area contributed by atoms with Gasteiger partial charge in [0.1, 0.15) is 17.3 Å². The third kappa shape index (κ3) is 5.30. The molecule has 1 saturated carbocycles. The predicted molar refractivity (Wildman–Crippen MR) is 143 cm³/mol. The van der Waals surface area contributed by atoms with E-state index in [1.807, 2.05) is 31.7 Å². The van der Waals surface area contributed by atoms with Gasteiger partial charge in [0.05, 0.1) is 11.2 Å². The third-order valence-corrected chi connectivity index (χ3v) is 7.71. The van der Waals surface area contributed by atoms with Crippen LogP contribution in [0.5, 0.6) is 0 Å². The van der Waals surface area contributed by atoms with E-state index in [0.717, 1.165) is 25.1 Å². The average molecular weight is 534 g/mol. The summed E-state index contributed by atoms with van der Waals surface area (Å²) in [6.07, 6.45) is 4.17. The monoisotopic (exact) mass is 533 g/mol. The van der Waals surface area contributed by atoms with Crippen molar-refractivity contribution in [2.75, 3.05) is 18.4 Å². The Balaban J connectivity index is 1.25. The summed E-state index contributed by atoms with van der Waals surface area (Å²) >= 11 is 6.39. The highest BCUT2D eigenvalue weighted by Gasteiger charge is 2.48. The topological polar surface area (TPSA) is 80.1 Å². The first-order chi connectivity index (χ1) is 18.2. The average Bonchev–Trinajstić information content (AvgIpc) is 3.27. The minimum Gasteiger partial charge on any atom is -0.342 e. The van der Waals surface area contributed by atoms with Crippen LogP contribution in [0, 0.1) is 48.3 Å². The Morgan fingerprint density at radius 1 is 1.13 bits per heavy atom. The van der Waals surface area contributed by atoms with Gasteiger partial charge in [0, 0.05) is 42.9 Å². The van der Waals surface area contributed by atoms with E-state index in [0.29, 0.717) is 46.9 Å². The van der Waals surface area contributed by atoms with Gasteiger partial charge in [-0.2, -0.15) is 5.10 Å². The van der Waals surface area contributed by atoms with Crippen LogP contribution in [-0.4, -0.2) is 44.6 Å². The number of benzene rings is 1. The van der Waals surface area contributed by atoms with Crippen LogP contribution in [0.15, 0.2) is 42.7 Å². The minimum absolute atomic E-state index is 0.000788. The summed E-state index contributed by atoms with van der Waals surface area (Å²) in [7, 11) is 0. The normalized spacial score (nSPS) is 19.9. The number of likely N-dealkylation sites (tertiary alicyclic amines) is 1. The van der Waals surface area contributed by atoms with Crippen LogP contribution in [0.1, 0.15) is 47.4 Å². The Hall–Kier alpha value is -3.70. The van der Waals surface area contributed by atoms with E-state index in [1.54, 1.807) is 23.0 Å². The summed E-state index contributed by atoms with van der Waals surface area (Å²) in [5.41, 5.74) is 2.41. The van der Waals surface area contributed by atoms with Crippen LogP contribution in [0.4, 0.5) is 10.2 Å². The molecule has 1 aromatic carbocycles. The molecule has 0 radical (unpaired) electrons. The number of piperidine rings is 2. The Morgan fingerprint density at radius 2 is 1.82 bits per heavy atom. The van der Waals surface area contributed by atoms with Gasteiger partial charge in [0.15, 0.2) is 0 Å². The van der Waals surface area contributed by atoms with Crippen LogP contribution >= 0.6 is 11.6 Å². The van der Waals surface area contributed by atoms with Gasteiger partial charge in [-0.05, 0) is 67.0 Å². The number of carbonyl (C=O) groups is 2. The number of fused-ring (bicyclic) bond motifs is 2. The number of carbonyl (C=O) groups excluding carboxylic acids is 2. The van der Waals surface area contributed by atoms with Crippen molar-refractivity contribution in [2.45, 2.75) is 33.7 Å². The molecule has 2 atom stereocenters. The summed E-state index contributed by atoms with van der Waals surface area (Å²) in [6.45, 7) is 7.80. The van der Waals surface area contributed by atoms with Crippen molar-refractivity contribution in [3.8, 4) is 11.8 Å². The standard InChI is InChI=1S/C29H29ClFN5O2/c1-17(2)29(38)35-14-21-11-22(15-35)24(21)16-36-26(25(30)13-33-36)28(37)34-27-18(3)10-20(12-32-27)5-4-19-6-8-23(31)9-7-19/h6-10,12-13,17,21-22,24H,11,14-16H2,1-3H3,(H,32,34,37). The molecule has 9 heteroatoms. The van der Waals surface area contributed by atoms with E-state index in [2.05, 4.69) is 27.2 Å². The van der Waals surface area contributed by atoms with Crippen molar-refractivity contribution in [1.29, 1.82) is 0 Å². The first kappa shape index (κ1) is 25.9. The van der Waals surface area contributed by atoms with Crippen molar-refractivity contribution in [2.24, 2.45) is 23.7 Å². The van der Waals surface area contributed by atoms with Crippen LogP contribution in [-0.2, 0) is 11.3 Å². The molecular formula is C29H29ClFN5O2. The maximum Gasteiger partial charge on any atom is 0.276 e. The molecule has 1 saturated heterocycles. The number of hydrogen-bond donors (Lipinski definition) is 1. The molecule has 2 aliphatic rings. The summed E-state index contributed by atoms with van der Waals surface area (Å²) in [5.74, 6) is 7.08. The number of rotatable bonds is 5. The largest absolute Gasteiger partial charge is 0.342 e. The Kier molecular flexibility index (Phi) is 7.22. The van der Waals surface area contributed by atoms with Gasteiger partial charge >= 0.3 is 0 Å². The number of hydrogen-bond acceptors (Lipinski definition) is 4. The second-order valence-electron chi connectivity index (χ2n) is 10.4. The number of nitrogens with zero attached hydrogens (tertiary/aromatic N) is 4. The molecular weight excluding hydrogens is 505 g/mol. The molecule has 2 fully saturated rings. The molecule has 2 amide bonds. The number of nitrogens with one attached hydrogen (secondary N) is 1. The first-order valence-corrected chi connectivity index (χ1v) is 13.1.